The van der Waals surface area contributed by atoms with E-state index < -0.39 is 16.7 Å². The third-order valence-electron chi connectivity index (χ3n) is 3.59. The fourth-order valence-corrected chi connectivity index (χ4v) is 7.38. The smallest absolute Gasteiger partial charge is 0.325 e. The molecule has 0 aliphatic heterocycles. The number of amides is 2. The molecule has 0 saturated heterocycles. The Balaban J connectivity index is 3.66. The maximum atomic E-state index is 11.8. The molecule has 0 heterocycles. The van der Waals surface area contributed by atoms with E-state index in [4.69, 9.17) is 15.2 Å². The van der Waals surface area contributed by atoms with Crippen LogP contribution in [0.3, 0.4) is 0 Å². The Bertz CT molecular complexity index is 485. The minimum atomic E-state index is -3.36. The molecule has 0 spiro atoms. The molecule has 0 fully saturated rings. The van der Waals surface area contributed by atoms with Crippen molar-refractivity contribution in [2.75, 3.05) is 43.8 Å². The lowest BCUT2D eigenvalue weighted by molar-refractivity contribution is -0.121. The van der Waals surface area contributed by atoms with E-state index >= 15 is 0 Å². The summed E-state index contributed by atoms with van der Waals surface area (Å²) < 4.78 is 15.7. The van der Waals surface area contributed by atoms with E-state index in [0.29, 0.717) is 19.6 Å². The Kier molecular flexibility index (Phi) is 12.9. The second-order valence-electron chi connectivity index (χ2n) is 6.88. The van der Waals surface area contributed by atoms with E-state index in [1.165, 1.54) is 6.66 Å². The summed E-state index contributed by atoms with van der Waals surface area (Å²) in [6.45, 7) is 3.97. The lowest BCUT2D eigenvalue weighted by atomic mass is 10.2. The lowest BCUT2D eigenvalue weighted by Gasteiger charge is -2.32. The molecule has 0 radical (unpaired) electrons. The third-order valence-corrected chi connectivity index (χ3v) is 9.39. The number of hydrogen-bond acceptors (Lipinski definition) is 5. The highest BCUT2D eigenvalue weighted by Crippen LogP contribution is 2.54. The number of nitrogens with one attached hydrogen (secondary N) is 1. The number of primary amides is 1. The second kappa shape index (κ2) is 13.0. The van der Waals surface area contributed by atoms with Crippen LogP contribution < -0.4 is 11.1 Å². The zero-order valence-corrected chi connectivity index (χ0v) is 18.9. The monoisotopic (exact) mass is 430 g/mol. The highest BCUT2D eigenvalue weighted by atomic mass is 33.2. The van der Waals surface area contributed by atoms with Crippen molar-refractivity contribution < 1.29 is 23.6 Å². The van der Waals surface area contributed by atoms with Gasteiger partial charge in [0.2, 0.25) is 11.8 Å². The summed E-state index contributed by atoms with van der Waals surface area (Å²) in [6, 6.07) is 0. The summed E-state index contributed by atoms with van der Waals surface area (Å²) in [4.78, 5) is 32.0. The molecule has 10 heteroatoms. The average Bonchev–Trinajstić information content (AvgIpc) is 2.48. The van der Waals surface area contributed by atoms with E-state index in [9.17, 15) is 14.2 Å². The zero-order valence-electron chi connectivity index (χ0n) is 16.4. The minimum absolute atomic E-state index is 0.0474. The van der Waals surface area contributed by atoms with Crippen LogP contribution in [0, 0.1) is 5.92 Å². The van der Waals surface area contributed by atoms with Gasteiger partial charge in [-0.3, -0.25) is 14.2 Å². The highest BCUT2D eigenvalue weighted by Gasteiger charge is 2.20. The Morgan fingerprint density at radius 1 is 1.27 bits per heavy atom. The van der Waals surface area contributed by atoms with Crippen LogP contribution in [0.1, 0.15) is 39.0 Å². The van der Waals surface area contributed by atoms with Gasteiger partial charge in [-0.05, 0) is 31.1 Å². The first kappa shape index (κ1) is 25.8. The molecule has 0 aliphatic carbocycles. The molecule has 7 nitrogen and oxygen atoms in total. The summed E-state index contributed by atoms with van der Waals surface area (Å²) in [5.41, 5.74) is 5.32. The normalized spacial score (nSPS) is 15.9. The average molecular weight is 431 g/mol. The van der Waals surface area contributed by atoms with E-state index in [-0.39, 0.29) is 17.7 Å². The Morgan fingerprint density at radius 2 is 1.88 bits per heavy atom. The SMILES string of the molecule is CC(CS(C)(C)SCCC(=O)NCCCCCCOP(C)(=O)O)C(N)=O. The zero-order chi connectivity index (χ0) is 20.2. The van der Waals surface area contributed by atoms with E-state index in [1.54, 1.807) is 10.8 Å². The van der Waals surface area contributed by atoms with Gasteiger partial charge in [-0.2, -0.15) is 9.06 Å². The van der Waals surface area contributed by atoms with Crippen LogP contribution in [-0.2, 0) is 18.7 Å². The maximum absolute atomic E-state index is 11.8. The molecule has 0 bridgehead atoms. The van der Waals surface area contributed by atoms with Crippen LogP contribution >= 0.6 is 27.4 Å². The molecule has 26 heavy (non-hydrogen) atoms. The topological polar surface area (TPSA) is 119 Å². The van der Waals surface area contributed by atoms with Crippen LogP contribution in [-0.4, -0.2) is 60.5 Å². The minimum Gasteiger partial charge on any atom is -0.369 e. The van der Waals surface area contributed by atoms with Gasteiger partial charge in [-0.25, -0.2) is 0 Å². The van der Waals surface area contributed by atoms with E-state index in [2.05, 4.69) is 17.8 Å². The molecule has 0 aromatic carbocycles. The Labute approximate surface area is 162 Å². The quantitative estimate of drug-likeness (QED) is 0.209. The maximum Gasteiger partial charge on any atom is 0.325 e. The fraction of sp³-hybridized carbons (Fsp3) is 0.875. The molecular formula is C16H35N2O5PS2. The van der Waals surface area contributed by atoms with Gasteiger partial charge in [0.15, 0.2) is 0 Å². The van der Waals surface area contributed by atoms with Gasteiger partial charge in [0.25, 0.3) is 0 Å². The number of carbonyl (C=O) groups excluding carboxylic acids is 2. The van der Waals surface area contributed by atoms with Crippen molar-refractivity contribution in [2.24, 2.45) is 11.7 Å². The van der Waals surface area contributed by atoms with Gasteiger partial charge in [0, 0.05) is 31.3 Å². The number of unbranched alkanes of at least 4 members (excludes halogenated alkanes) is 3. The molecule has 0 aromatic heterocycles. The first-order valence-electron chi connectivity index (χ1n) is 8.79. The van der Waals surface area contributed by atoms with Crippen molar-refractivity contribution in [1.29, 1.82) is 0 Å². The molecule has 2 atom stereocenters. The van der Waals surface area contributed by atoms with Gasteiger partial charge < -0.3 is 20.5 Å². The predicted octanol–water partition coefficient (Wildman–Crippen LogP) is 2.72. The predicted molar refractivity (Wildman–Crippen MR) is 113 cm³/mol. The summed E-state index contributed by atoms with van der Waals surface area (Å²) in [5.74, 6) is 1.17. The second-order valence-corrected chi connectivity index (χ2v) is 16.0. The molecule has 0 aliphatic rings. The Hall–Kier alpha value is -0.210. The molecule has 0 rings (SSSR count). The van der Waals surface area contributed by atoms with Crippen LogP contribution in [0.5, 0.6) is 0 Å². The van der Waals surface area contributed by atoms with Crippen LogP contribution in [0.15, 0.2) is 0 Å². The highest BCUT2D eigenvalue weighted by molar-refractivity contribution is 8.93. The molecule has 0 saturated carbocycles. The Morgan fingerprint density at radius 3 is 2.46 bits per heavy atom. The molecule has 4 N–H and O–H groups in total. The summed E-state index contributed by atoms with van der Waals surface area (Å²) in [6.07, 6.45) is 8.24. The summed E-state index contributed by atoms with van der Waals surface area (Å²) >= 11 is 0. The number of carbonyl (C=O) groups is 2. The van der Waals surface area contributed by atoms with Gasteiger partial charge in [0.1, 0.15) is 0 Å². The lowest BCUT2D eigenvalue weighted by Crippen LogP contribution is -2.26. The molecular weight excluding hydrogens is 395 g/mol. The first-order valence-corrected chi connectivity index (χ1v) is 14.9. The van der Waals surface area contributed by atoms with E-state index in [1.807, 2.05) is 6.92 Å². The number of hydrogen-bond donors (Lipinski definition) is 3. The van der Waals surface area contributed by atoms with E-state index in [0.717, 1.165) is 37.2 Å². The van der Waals surface area contributed by atoms with Crippen LogP contribution in [0.4, 0.5) is 0 Å². The number of rotatable bonds is 15. The summed E-state index contributed by atoms with van der Waals surface area (Å²) in [5, 5.41) is 2.91. The summed E-state index contributed by atoms with van der Waals surface area (Å²) in [7, 11) is -2.58. The van der Waals surface area contributed by atoms with Crippen molar-refractivity contribution in [3.05, 3.63) is 0 Å². The van der Waals surface area contributed by atoms with Crippen molar-refractivity contribution in [3.8, 4) is 0 Å². The largest absolute Gasteiger partial charge is 0.369 e. The van der Waals surface area contributed by atoms with Crippen LogP contribution in [0.2, 0.25) is 0 Å². The van der Waals surface area contributed by atoms with Crippen molar-refractivity contribution in [3.63, 3.8) is 0 Å². The van der Waals surface area contributed by atoms with Crippen molar-refractivity contribution in [1.82, 2.24) is 5.32 Å². The van der Waals surface area contributed by atoms with Crippen molar-refractivity contribution in [2.45, 2.75) is 39.0 Å². The van der Waals surface area contributed by atoms with Gasteiger partial charge in [-0.1, -0.05) is 19.8 Å². The molecule has 2 unspecified atom stereocenters. The van der Waals surface area contributed by atoms with Gasteiger partial charge >= 0.3 is 7.60 Å². The van der Waals surface area contributed by atoms with Gasteiger partial charge in [0.05, 0.1) is 6.61 Å². The van der Waals surface area contributed by atoms with Gasteiger partial charge in [-0.15, -0.1) is 10.8 Å². The first-order chi connectivity index (χ1) is 11.9. The molecule has 0 aromatic rings. The molecule has 2 amide bonds. The fourth-order valence-electron chi connectivity index (χ4n) is 2.22. The van der Waals surface area contributed by atoms with Crippen molar-refractivity contribution >= 4 is 39.3 Å². The standard InChI is InChI=1S/C16H35N2O5PS2/c1-14(16(17)20)13-26(3,4)25-12-9-15(19)18-10-7-5-6-8-11-23-24(2,21)22/h14H,5-13H2,1-4H3,(H2,17,20)(H,18,19)(H,21,22). The van der Waals surface area contributed by atoms with Crippen LogP contribution in [0.25, 0.3) is 0 Å². The molecule has 156 valence electrons. The third kappa shape index (κ3) is 16.0. The number of nitrogens with two attached hydrogens (primary N) is 1.